The van der Waals surface area contributed by atoms with Crippen LogP contribution in [0.3, 0.4) is 0 Å². The summed E-state index contributed by atoms with van der Waals surface area (Å²) in [5.74, 6) is -0.0372. The molecule has 0 fully saturated rings. The highest BCUT2D eigenvalue weighted by atomic mass is 32.1. The fourth-order valence-electron chi connectivity index (χ4n) is 3.21. The van der Waals surface area contributed by atoms with Crippen molar-refractivity contribution in [3.63, 3.8) is 0 Å². The molecule has 0 bridgehead atoms. The fourth-order valence-corrected chi connectivity index (χ4v) is 4.14. The largest absolute Gasteiger partial charge is 0.302 e. The first-order valence-corrected chi connectivity index (χ1v) is 9.06. The van der Waals surface area contributed by atoms with E-state index in [2.05, 4.69) is 54.5 Å². The van der Waals surface area contributed by atoms with Gasteiger partial charge in [0.2, 0.25) is 5.91 Å². The summed E-state index contributed by atoms with van der Waals surface area (Å²) in [6, 6.07) is 18.4. The molecule has 0 aliphatic rings. The molecule has 0 radical (unpaired) electrons. The predicted molar refractivity (Wildman–Crippen MR) is 105 cm³/mol. The van der Waals surface area contributed by atoms with Crippen molar-refractivity contribution in [3.05, 3.63) is 71.3 Å². The van der Waals surface area contributed by atoms with Crippen molar-refractivity contribution in [2.75, 3.05) is 5.32 Å². The first-order chi connectivity index (χ1) is 12.1. The maximum atomic E-state index is 12.5. The molecule has 0 aliphatic carbocycles. The van der Waals surface area contributed by atoms with Gasteiger partial charge >= 0.3 is 0 Å². The number of amides is 1. The Bertz CT molecular complexity index is 1090. The number of carbonyl (C=O) groups excluding carboxylic acids is 1. The summed E-state index contributed by atoms with van der Waals surface area (Å²) in [6.07, 6.45) is 0.343. The van der Waals surface area contributed by atoms with Gasteiger partial charge in [-0.25, -0.2) is 4.98 Å². The Balaban J connectivity index is 1.59. The zero-order valence-electron chi connectivity index (χ0n) is 14.2. The molecule has 4 aromatic rings. The molecule has 1 heterocycles. The van der Waals surface area contributed by atoms with Crippen molar-refractivity contribution in [2.45, 2.75) is 20.3 Å². The standard InChI is InChI=1S/C21H18N2OS/c1-13-10-14(2)20-18(11-13)22-21(25-20)23-19(24)12-16-8-5-7-15-6-3-4-9-17(15)16/h3-11H,12H2,1-2H3,(H,22,23,24). The number of nitrogens with zero attached hydrogens (tertiary/aromatic N) is 1. The summed E-state index contributed by atoms with van der Waals surface area (Å²) in [5.41, 5.74) is 4.36. The number of nitrogens with one attached hydrogen (secondary N) is 1. The number of aryl methyl sites for hydroxylation is 2. The highest BCUT2D eigenvalue weighted by molar-refractivity contribution is 7.22. The summed E-state index contributed by atoms with van der Waals surface area (Å²) in [5, 5.41) is 5.89. The maximum absolute atomic E-state index is 12.5. The number of aromatic nitrogens is 1. The monoisotopic (exact) mass is 346 g/mol. The normalized spacial score (nSPS) is 11.1. The van der Waals surface area contributed by atoms with E-state index in [4.69, 9.17) is 0 Å². The number of anilines is 1. The van der Waals surface area contributed by atoms with E-state index >= 15 is 0 Å². The lowest BCUT2D eigenvalue weighted by Crippen LogP contribution is -2.14. The Morgan fingerprint density at radius 3 is 2.76 bits per heavy atom. The van der Waals surface area contributed by atoms with Gasteiger partial charge in [-0.2, -0.15) is 0 Å². The Morgan fingerprint density at radius 1 is 1.08 bits per heavy atom. The zero-order valence-corrected chi connectivity index (χ0v) is 15.0. The van der Waals surface area contributed by atoms with Gasteiger partial charge in [0.1, 0.15) is 0 Å². The lowest BCUT2D eigenvalue weighted by molar-refractivity contribution is -0.115. The smallest absolute Gasteiger partial charge is 0.230 e. The van der Waals surface area contributed by atoms with Gasteiger partial charge < -0.3 is 5.32 Å². The Kier molecular flexibility index (Phi) is 3.98. The zero-order chi connectivity index (χ0) is 17.4. The molecule has 1 N–H and O–H groups in total. The molecule has 0 aliphatic heterocycles. The third-order valence-electron chi connectivity index (χ3n) is 4.30. The molecule has 0 atom stereocenters. The molecule has 0 saturated carbocycles. The van der Waals surface area contributed by atoms with Crippen LogP contribution in [0.4, 0.5) is 5.13 Å². The van der Waals surface area contributed by atoms with Crippen LogP contribution < -0.4 is 5.32 Å². The van der Waals surface area contributed by atoms with Crippen LogP contribution in [0.2, 0.25) is 0 Å². The lowest BCUT2D eigenvalue weighted by Gasteiger charge is -2.06. The second-order valence-electron chi connectivity index (χ2n) is 6.31. The minimum absolute atomic E-state index is 0.0372. The van der Waals surface area contributed by atoms with Crippen LogP contribution in [-0.2, 0) is 11.2 Å². The van der Waals surface area contributed by atoms with Crippen LogP contribution >= 0.6 is 11.3 Å². The molecule has 3 nitrogen and oxygen atoms in total. The maximum Gasteiger partial charge on any atom is 0.230 e. The Labute approximate surface area is 150 Å². The van der Waals surface area contributed by atoms with E-state index in [0.717, 1.165) is 26.6 Å². The molecule has 124 valence electrons. The number of benzene rings is 3. The number of thiazole rings is 1. The minimum atomic E-state index is -0.0372. The Morgan fingerprint density at radius 2 is 1.88 bits per heavy atom. The summed E-state index contributed by atoms with van der Waals surface area (Å²) in [6.45, 7) is 4.14. The molecule has 1 amide bonds. The first kappa shape index (κ1) is 15.8. The van der Waals surface area contributed by atoms with E-state index in [1.54, 1.807) is 0 Å². The molecule has 3 aromatic carbocycles. The molecular weight excluding hydrogens is 328 g/mol. The van der Waals surface area contributed by atoms with Crippen LogP contribution in [0.1, 0.15) is 16.7 Å². The van der Waals surface area contributed by atoms with Gasteiger partial charge in [0.15, 0.2) is 5.13 Å². The van der Waals surface area contributed by atoms with Gasteiger partial charge in [0.05, 0.1) is 16.6 Å². The van der Waals surface area contributed by atoms with Gasteiger partial charge in [-0.1, -0.05) is 59.9 Å². The molecule has 0 unspecified atom stereocenters. The van der Waals surface area contributed by atoms with Gasteiger partial charge in [-0.15, -0.1) is 0 Å². The van der Waals surface area contributed by atoms with Gasteiger partial charge in [-0.05, 0) is 47.4 Å². The van der Waals surface area contributed by atoms with E-state index in [0.29, 0.717) is 11.6 Å². The van der Waals surface area contributed by atoms with E-state index in [9.17, 15) is 4.79 Å². The van der Waals surface area contributed by atoms with Gasteiger partial charge in [0.25, 0.3) is 0 Å². The van der Waals surface area contributed by atoms with Crippen LogP contribution in [0.25, 0.3) is 21.0 Å². The highest BCUT2D eigenvalue weighted by Crippen LogP contribution is 2.30. The highest BCUT2D eigenvalue weighted by Gasteiger charge is 2.11. The van der Waals surface area contributed by atoms with Crippen molar-refractivity contribution in [3.8, 4) is 0 Å². The first-order valence-electron chi connectivity index (χ1n) is 8.24. The van der Waals surface area contributed by atoms with Crippen molar-refractivity contribution in [1.82, 2.24) is 4.98 Å². The Hall–Kier alpha value is -2.72. The summed E-state index contributed by atoms with van der Waals surface area (Å²) >= 11 is 1.53. The molecule has 1 aromatic heterocycles. The lowest BCUT2D eigenvalue weighted by atomic mass is 10.0. The van der Waals surface area contributed by atoms with Crippen molar-refractivity contribution in [2.24, 2.45) is 0 Å². The second kappa shape index (κ2) is 6.30. The molecule has 25 heavy (non-hydrogen) atoms. The summed E-state index contributed by atoms with van der Waals surface area (Å²) in [7, 11) is 0. The molecule has 4 rings (SSSR count). The summed E-state index contributed by atoms with van der Waals surface area (Å²) < 4.78 is 1.13. The molecular formula is C21H18N2OS. The van der Waals surface area contributed by atoms with E-state index in [1.165, 1.54) is 22.5 Å². The van der Waals surface area contributed by atoms with E-state index in [-0.39, 0.29) is 5.91 Å². The number of carbonyl (C=O) groups is 1. The number of rotatable bonds is 3. The predicted octanol–water partition coefficient (Wildman–Crippen LogP) is 5.25. The third-order valence-corrected chi connectivity index (χ3v) is 5.42. The fraction of sp³-hybridized carbons (Fsp3) is 0.143. The van der Waals surface area contributed by atoms with Gasteiger partial charge in [-0.3, -0.25) is 4.79 Å². The van der Waals surface area contributed by atoms with Crippen LogP contribution in [0.15, 0.2) is 54.6 Å². The molecule has 0 spiro atoms. The van der Waals surface area contributed by atoms with Crippen molar-refractivity contribution in [1.29, 1.82) is 0 Å². The van der Waals surface area contributed by atoms with Crippen LogP contribution in [-0.4, -0.2) is 10.9 Å². The quantitative estimate of drug-likeness (QED) is 0.551. The van der Waals surface area contributed by atoms with E-state index in [1.807, 2.05) is 24.3 Å². The van der Waals surface area contributed by atoms with Crippen molar-refractivity contribution < 1.29 is 4.79 Å². The topological polar surface area (TPSA) is 42.0 Å². The number of hydrogen-bond donors (Lipinski definition) is 1. The SMILES string of the molecule is Cc1cc(C)c2sc(NC(=O)Cc3cccc4ccccc34)nc2c1. The number of hydrogen-bond acceptors (Lipinski definition) is 3. The van der Waals surface area contributed by atoms with E-state index < -0.39 is 0 Å². The minimum Gasteiger partial charge on any atom is -0.302 e. The second-order valence-corrected chi connectivity index (χ2v) is 7.31. The van der Waals surface area contributed by atoms with Gasteiger partial charge in [0, 0.05) is 0 Å². The molecule has 4 heteroatoms. The molecule has 0 saturated heterocycles. The average Bonchev–Trinajstić information content (AvgIpc) is 2.97. The average molecular weight is 346 g/mol. The van der Waals surface area contributed by atoms with Crippen molar-refractivity contribution >= 4 is 43.4 Å². The third kappa shape index (κ3) is 3.13. The van der Waals surface area contributed by atoms with Crippen LogP contribution in [0, 0.1) is 13.8 Å². The number of fused-ring (bicyclic) bond motifs is 2. The van der Waals surface area contributed by atoms with Crippen LogP contribution in [0.5, 0.6) is 0 Å². The summed E-state index contributed by atoms with van der Waals surface area (Å²) in [4.78, 5) is 17.1.